The lowest BCUT2D eigenvalue weighted by atomic mass is 10.1. The molecule has 0 saturated heterocycles. The van der Waals surface area contributed by atoms with E-state index in [1.807, 2.05) is 45.0 Å². The Kier molecular flexibility index (Phi) is 3.74. The highest BCUT2D eigenvalue weighted by Crippen LogP contribution is 2.26. The topological polar surface area (TPSA) is 24.7 Å². The summed E-state index contributed by atoms with van der Waals surface area (Å²) in [4.78, 5) is 0. The van der Waals surface area contributed by atoms with Gasteiger partial charge in [-0.05, 0) is 68.1 Å². The van der Waals surface area contributed by atoms with Gasteiger partial charge in [0.15, 0.2) is 5.82 Å². The lowest BCUT2D eigenvalue weighted by Crippen LogP contribution is -1.86. The van der Waals surface area contributed by atoms with Crippen LogP contribution in [0.3, 0.4) is 0 Å². The Bertz CT molecular complexity index is 645. The van der Waals surface area contributed by atoms with E-state index >= 15 is 0 Å². The maximum atomic E-state index is 14.0. The van der Waals surface area contributed by atoms with Crippen LogP contribution < -0.4 is 0 Å². The van der Waals surface area contributed by atoms with Gasteiger partial charge in [0, 0.05) is 0 Å². The molecule has 0 aromatic heterocycles. The van der Waals surface area contributed by atoms with Crippen LogP contribution in [0.15, 0.2) is 40.6 Å². The normalized spacial score (nSPS) is 11.2. The third-order valence-electron chi connectivity index (χ3n) is 3.40. The number of aryl methyl sites for hydroxylation is 3. The fraction of sp³-hybridized carbons (Fsp3) is 0.250. The molecule has 2 rings (SSSR count). The zero-order valence-corrected chi connectivity index (χ0v) is 11.7. The van der Waals surface area contributed by atoms with E-state index in [4.69, 9.17) is 0 Å². The molecule has 0 radical (unpaired) electrons. The quantitative estimate of drug-likeness (QED) is 0.636. The first-order valence-electron chi connectivity index (χ1n) is 6.23. The summed E-state index contributed by atoms with van der Waals surface area (Å²) in [6.07, 6.45) is 0. The molecule has 19 heavy (non-hydrogen) atoms. The van der Waals surface area contributed by atoms with Crippen molar-refractivity contribution in [3.05, 3.63) is 58.4 Å². The van der Waals surface area contributed by atoms with Crippen molar-refractivity contribution in [3.8, 4) is 0 Å². The number of rotatable bonds is 2. The first-order chi connectivity index (χ1) is 8.99. The Morgan fingerprint density at radius 2 is 1.47 bits per heavy atom. The average Bonchev–Trinajstić information content (AvgIpc) is 2.39. The molecule has 2 aromatic rings. The van der Waals surface area contributed by atoms with Gasteiger partial charge in [0.05, 0.1) is 5.69 Å². The summed E-state index contributed by atoms with van der Waals surface area (Å²) in [6.45, 7) is 7.69. The molecule has 98 valence electrons. The molecule has 0 aliphatic heterocycles. The van der Waals surface area contributed by atoms with Gasteiger partial charge in [0.25, 0.3) is 0 Å². The Labute approximate surface area is 113 Å². The number of hydrogen-bond acceptors (Lipinski definition) is 2. The van der Waals surface area contributed by atoms with E-state index in [-0.39, 0.29) is 11.5 Å². The predicted molar refractivity (Wildman–Crippen MR) is 76.0 cm³/mol. The molecule has 0 bridgehead atoms. The van der Waals surface area contributed by atoms with Crippen molar-refractivity contribution in [1.29, 1.82) is 0 Å². The van der Waals surface area contributed by atoms with Crippen LogP contribution in [0.4, 0.5) is 15.8 Å². The molecule has 0 fully saturated rings. The van der Waals surface area contributed by atoms with Gasteiger partial charge in [-0.15, -0.1) is 5.11 Å². The minimum Gasteiger partial charge on any atom is -0.204 e. The van der Waals surface area contributed by atoms with E-state index in [2.05, 4.69) is 10.2 Å². The van der Waals surface area contributed by atoms with Crippen LogP contribution in [-0.4, -0.2) is 0 Å². The Hall–Kier alpha value is -2.03. The summed E-state index contributed by atoms with van der Waals surface area (Å²) < 4.78 is 14.0. The van der Waals surface area contributed by atoms with Gasteiger partial charge < -0.3 is 0 Å². The molecular formula is C16H17FN2. The fourth-order valence-electron chi connectivity index (χ4n) is 1.74. The van der Waals surface area contributed by atoms with Crippen LogP contribution in [0.1, 0.15) is 22.3 Å². The van der Waals surface area contributed by atoms with Crippen LogP contribution >= 0.6 is 0 Å². The van der Waals surface area contributed by atoms with Crippen molar-refractivity contribution in [2.45, 2.75) is 27.7 Å². The lowest BCUT2D eigenvalue weighted by molar-refractivity contribution is 0.617. The van der Waals surface area contributed by atoms with Crippen LogP contribution in [0.25, 0.3) is 0 Å². The smallest absolute Gasteiger partial charge is 0.153 e. The number of hydrogen-bond donors (Lipinski definition) is 0. The van der Waals surface area contributed by atoms with Gasteiger partial charge in [-0.1, -0.05) is 12.1 Å². The number of azo groups is 1. The second-order valence-electron chi connectivity index (χ2n) is 4.81. The van der Waals surface area contributed by atoms with E-state index in [0.29, 0.717) is 5.56 Å². The molecule has 0 heterocycles. The van der Waals surface area contributed by atoms with E-state index < -0.39 is 0 Å². The molecule has 0 aliphatic rings. The van der Waals surface area contributed by atoms with Crippen LogP contribution in [0.2, 0.25) is 0 Å². The van der Waals surface area contributed by atoms with Gasteiger partial charge >= 0.3 is 0 Å². The van der Waals surface area contributed by atoms with Gasteiger partial charge in [-0.2, -0.15) is 5.11 Å². The summed E-state index contributed by atoms with van der Waals surface area (Å²) in [7, 11) is 0. The molecule has 0 unspecified atom stereocenters. The Balaban J connectivity index is 2.32. The van der Waals surface area contributed by atoms with Crippen molar-refractivity contribution in [3.63, 3.8) is 0 Å². The summed E-state index contributed by atoms with van der Waals surface area (Å²) >= 11 is 0. The summed E-state index contributed by atoms with van der Waals surface area (Å²) in [6, 6.07) is 9.32. The number of halogens is 1. The van der Waals surface area contributed by atoms with Gasteiger partial charge in [-0.3, -0.25) is 0 Å². The van der Waals surface area contributed by atoms with Crippen molar-refractivity contribution >= 4 is 11.4 Å². The minimum absolute atomic E-state index is 0.279. The zero-order valence-electron chi connectivity index (χ0n) is 11.7. The lowest BCUT2D eigenvalue weighted by Gasteiger charge is -2.03. The molecular weight excluding hydrogens is 239 g/mol. The first-order valence-corrected chi connectivity index (χ1v) is 6.23. The highest BCUT2D eigenvalue weighted by molar-refractivity contribution is 5.47. The van der Waals surface area contributed by atoms with Crippen LogP contribution in [-0.2, 0) is 0 Å². The molecule has 0 N–H and O–H groups in total. The van der Waals surface area contributed by atoms with Crippen molar-refractivity contribution in [2.24, 2.45) is 10.2 Å². The van der Waals surface area contributed by atoms with Crippen LogP contribution in [0.5, 0.6) is 0 Å². The minimum atomic E-state index is -0.299. The van der Waals surface area contributed by atoms with Crippen molar-refractivity contribution < 1.29 is 4.39 Å². The largest absolute Gasteiger partial charge is 0.204 e. The molecule has 0 amide bonds. The van der Waals surface area contributed by atoms with E-state index in [0.717, 1.165) is 16.8 Å². The second kappa shape index (κ2) is 5.31. The summed E-state index contributed by atoms with van der Waals surface area (Å²) in [5, 5.41) is 8.09. The van der Waals surface area contributed by atoms with Crippen molar-refractivity contribution in [2.75, 3.05) is 0 Å². The Morgan fingerprint density at radius 1 is 0.789 bits per heavy atom. The third kappa shape index (κ3) is 2.87. The Morgan fingerprint density at radius 3 is 2.16 bits per heavy atom. The molecule has 2 nitrogen and oxygen atoms in total. The highest BCUT2D eigenvalue weighted by Gasteiger charge is 2.06. The maximum Gasteiger partial charge on any atom is 0.153 e. The summed E-state index contributed by atoms with van der Waals surface area (Å²) in [5.41, 5.74) is 4.91. The van der Waals surface area contributed by atoms with Crippen molar-refractivity contribution in [1.82, 2.24) is 0 Å². The molecule has 0 saturated carbocycles. The molecule has 0 atom stereocenters. The zero-order chi connectivity index (χ0) is 14.0. The second-order valence-corrected chi connectivity index (χ2v) is 4.81. The van der Waals surface area contributed by atoms with E-state index in [1.54, 1.807) is 13.0 Å². The van der Waals surface area contributed by atoms with Crippen LogP contribution in [0, 0.1) is 33.5 Å². The third-order valence-corrected chi connectivity index (χ3v) is 3.40. The van der Waals surface area contributed by atoms with Gasteiger partial charge in [-0.25, -0.2) is 4.39 Å². The summed E-state index contributed by atoms with van der Waals surface area (Å²) in [5.74, 6) is -0.299. The monoisotopic (exact) mass is 256 g/mol. The number of nitrogens with zero attached hydrogens (tertiary/aromatic N) is 2. The molecule has 2 aromatic carbocycles. The molecule has 0 aliphatic carbocycles. The first kappa shape index (κ1) is 13.4. The molecule has 0 spiro atoms. The van der Waals surface area contributed by atoms with Gasteiger partial charge in [0.1, 0.15) is 5.69 Å². The standard InChI is InChI=1S/C16H17FN2/c1-10-5-7-14(9-12(10)3)18-19-15-8-6-11(2)13(4)16(15)17/h5-9H,1-4H3. The molecule has 3 heteroatoms. The van der Waals surface area contributed by atoms with E-state index in [9.17, 15) is 4.39 Å². The van der Waals surface area contributed by atoms with E-state index in [1.165, 1.54) is 5.56 Å². The predicted octanol–water partition coefficient (Wildman–Crippen LogP) is 5.47. The SMILES string of the molecule is Cc1ccc(N=Nc2ccc(C)c(C)c2F)cc1C. The maximum absolute atomic E-state index is 14.0. The average molecular weight is 256 g/mol. The fourth-order valence-corrected chi connectivity index (χ4v) is 1.74. The van der Waals surface area contributed by atoms with Gasteiger partial charge in [0.2, 0.25) is 0 Å². The highest BCUT2D eigenvalue weighted by atomic mass is 19.1. The number of benzene rings is 2.